The molecule has 12 rings (SSSR count). The van der Waals surface area contributed by atoms with E-state index in [1.807, 2.05) is 128 Å². The molecule has 0 aliphatic heterocycles. The van der Waals surface area contributed by atoms with Gasteiger partial charge in [0.25, 0.3) is 16.7 Å². The molecule has 0 radical (unpaired) electrons. The first kappa shape index (κ1) is 69.1. The van der Waals surface area contributed by atoms with Crippen molar-refractivity contribution >= 4 is 69.0 Å². The molecule has 0 saturated heterocycles. The molecule has 6 amide bonds. The number of H-pyrrole nitrogens is 3. The molecule has 10 N–H and O–H groups in total. The molecule has 9 aromatic heterocycles. The lowest BCUT2D eigenvalue weighted by Gasteiger charge is -2.21. The van der Waals surface area contributed by atoms with Gasteiger partial charge in [-0.05, 0) is 168 Å². The summed E-state index contributed by atoms with van der Waals surface area (Å²) in [4.78, 5) is 97.2. The predicted octanol–water partition coefficient (Wildman–Crippen LogP) is 9.29. The Morgan fingerprint density at radius 3 is 0.980 bits per heavy atom. The van der Waals surface area contributed by atoms with Crippen LogP contribution in [-0.2, 0) is 9.47 Å². The van der Waals surface area contributed by atoms with Crippen molar-refractivity contribution in [2.45, 2.75) is 98.8 Å². The number of ether oxygens (including phenoxy) is 2. The van der Waals surface area contributed by atoms with Crippen LogP contribution < -0.4 is 48.6 Å². The number of carbonyl (C=O) groups is 3. The molecule has 0 unspecified atom stereocenters. The van der Waals surface area contributed by atoms with Crippen LogP contribution in [0.5, 0.6) is 0 Å². The van der Waals surface area contributed by atoms with Crippen molar-refractivity contribution in [1.82, 2.24) is 88.9 Å². The normalized spacial score (nSPS) is 13.1. The van der Waals surface area contributed by atoms with Crippen molar-refractivity contribution in [3.05, 3.63) is 178 Å². The summed E-state index contributed by atoms with van der Waals surface area (Å²) < 4.78 is 20.7. The van der Waals surface area contributed by atoms with Crippen LogP contribution in [0, 0.1) is 0 Å². The average Bonchev–Trinajstić information content (AvgIpc) is 1.59. The minimum Gasteiger partial charge on any atom is -0.391 e. The third-order valence-corrected chi connectivity index (χ3v) is 16.6. The second-order valence-electron chi connectivity index (χ2n) is 23.1. The Bertz CT molecular complexity index is 4720. The van der Waals surface area contributed by atoms with Gasteiger partial charge in [-0.15, -0.1) is 0 Å². The SMILES string of the molecule is CCNC(=O)Nc1nc2c(-n3cccn3)cc(-c3ccn([C@@H](C)[C@@H](C)OC)c(=O)c3)cc2[nH]1.CCNC(=O)Nc1nc2c(-n3cccn3)cc(-c3ccn([C@@H](C)[C@H](C)O)c(=O)c3)cc2[nH]1.CCNC(=O)Nc1nc2c(-n3cccn3)cc(-c3ccn([C@@H](C)[C@H](C)OC)c(=O)c3)cc2[nH]1. The molecule has 0 bridgehead atoms. The standard InChI is InChI=1S/2C23H27N7O3.C22H25N7O3/c2*1-5-24-23(32)28-22-26-18-11-17(12-19(21(18)27-22)30-9-6-8-25-30)16-7-10-29(20(31)13-16)14(2)15(3)33-4;1-4-23-22(32)27-21-25-17-10-16(11-18(20(17)26-21)29-8-5-7-24-29)15-6-9-28(19(31)12-15)13(2)14(3)30/h2*6-15H,5H2,1-4H3,(H3,24,26,27,28,32);5-14,30H,4H2,1-3H3,(H3,23,25,26,27,32)/t14-,15+;14-,15-;13-,14-/m000/s1. The Labute approximate surface area is 561 Å². The Hall–Kier alpha value is -11.8. The van der Waals surface area contributed by atoms with Gasteiger partial charge in [-0.3, -0.25) is 30.3 Å². The second kappa shape index (κ2) is 30.8. The number of pyridine rings is 3. The third-order valence-electron chi connectivity index (χ3n) is 16.6. The number of aliphatic hydroxyl groups is 1. The van der Waals surface area contributed by atoms with E-state index in [1.165, 1.54) is 10.6 Å². The van der Waals surface area contributed by atoms with Gasteiger partial charge in [-0.1, -0.05) is 0 Å². The number of nitrogens with zero attached hydrogens (tertiary/aromatic N) is 12. The van der Waals surface area contributed by atoms with Crippen molar-refractivity contribution in [3.8, 4) is 50.4 Å². The number of hydrogen-bond donors (Lipinski definition) is 10. The summed E-state index contributed by atoms with van der Waals surface area (Å²) in [6.45, 7) is 18.2. The van der Waals surface area contributed by atoms with Crippen molar-refractivity contribution in [3.63, 3.8) is 0 Å². The number of anilines is 3. The van der Waals surface area contributed by atoms with Gasteiger partial charge in [0.1, 0.15) is 16.6 Å². The first-order valence-electron chi connectivity index (χ1n) is 31.9. The van der Waals surface area contributed by atoms with Gasteiger partial charge in [0.05, 0.1) is 70.0 Å². The highest BCUT2D eigenvalue weighted by Crippen LogP contribution is 2.33. The van der Waals surface area contributed by atoms with Crippen molar-refractivity contribution < 1.29 is 29.0 Å². The van der Waals surface area contributed by atoms with Gasteiger partial charge in [0.15, 0.2) is 0 Å². The van der Waals surface area contributed by atoms with Gasteiger partial charge in [-0.25, -0.2) is 43.4 Å². The summed E-state index contributed by atoms with van der Waals surface area (Å²) in [5, 5.41) is 38.9. The maximum absolute atomic E-state index is 12.9. The fraction of sp³-hybridized carbons (Fsp3) is 0.294. The highest BCUT2D eigenvalue weighted by molar-refractivity contribution is 5.97. The van der Waals surface area contributed by atoms with Gasteiger partial charge < -0.3 is 59.2 Å². The molecule has 0 spiro atoms. The number of fused-ring (bicyclic) bond motifs is 3. The van der Waals surface area contributed by atoms with E-state index in [0.717, 1.165) is 39.2 Å². The summed E-state index contributed by atoms with van der Waals surface area (Å²) in [5.74, 6) is 0.941. The largest absolute Gasteiger partial charge is 0.391 e. The molecule has 30 nitrogen and oxygen atoms in total. The lowest BCUT2D eigenvalue weighted by Crippen LogP contribution is -2.29. The third kappa shape index (κ3) is 15.6. The Balaban J connectivity index is 0.000000159. The van der Waals surface area contributed by atoms with E-state index in [1.54, 1.807) is 113 Å². The lowest BCUT2D eigenvalue weighted by atomic mass is 10.0. The lowest BCUT2D eigenvalue weighted by molar-refractivity contribution is 0.0764. The Morgan fingerprint density at radius 1 is 0.439 bits per heavy atom. The van der Waals surface area contributed by atoms with E-state index in [-0.39, 0.29) is 65.1 Å². The summed E-state index contributed by atoms with van der Waals surface area (Å²) in [7, 11) is 3.26. The molecule has 98 heavy (non-hydrogen) atoms. The number of rotatable bonds is 20. The summed E-state index contributed by atoms with van der Waals surface area (Å²) in [6.07, 6.45) is 14.8. The minimum atomic E-state index is -0.651. The number of aromatic amines is 3. The van der Waals surface area contributed by atoms with Crippen molar-refractivity contribution in [2.75, 3.05) is 49.8 Å². The van der Waals surface area contributed by atoms with E-state index >= 15 is 0 Å². The summed E-state index contributed by atoms with van der Waals surface area (Å²) in [6, 6.07) is 25.6. The molecule has 12 aromatic rings. The first-order valence-corrected chi connectivity index (χ1v) is 31.9. The fourth-order valence-electron chi connectivity index (χ4n) is 10.8. The highest BCUT2D eigenvalue weighted by atomic mass is 16.5. The van der Waals surface area contributed by atoms with Crippen molar-refractivity contribution in [1.29, 1.82) is 0 Å². The molecule has 0 fully saturated rings. The zero-order valence-corrected chi connectivity index (χ0v) is 56.0. The monoisotopic (exact) mass is 1330 g/mol. The van der Waals surface area contributed by atoms with Gasteiger partial charge in [-0.2, -0.15) is 15.3 Å². The quantitative estimate of drug-likeness (QED) is 0.0340. The van der Waals surface area contributed by atoms with Crippen LogP contribution in [0.25, 0.3) is 83.5 Å². The van der Waals surface area contributed by atoms with E-state index in [9.17, 15) is 33.9 Å². The molecule has 0 saturated carbocycles. The number of imidazole rings is 3. The molecule has 30 heteroatoms. The Morgan fingerprint density at radius 2 is 0.735 bits per heavy atom. The topological polar surface area (TPSA) is 368 Å². The van der Waals surface area contributed by atoms with E-state index in [4.69, 9.17) is 9.47 Å². The first-order chi connectivity index (χ1) is 47.2. The molecule has 0 aliphatic rings. The van der Waals surface area contributed by atoms with Crippen LogP contribution in [0.4, 0.5) is 32.2 Å². The number of urea groups is 3. The van der Waals surface area contributed by atoms with E-state index < -0.39 is 6.10 Å². The van der Waals surface area contributed by atoms with Crippen LogP contribution in [0.3, 0.4) is 0 Å². The number of carbonyl (C=O) groups excluding carboxylic acids is 3. The van der Waals surface area contributed by atoms with E-state index in [2.05, 4.69) is 77.1 Å². The molecule has 6 atom stereocenters. The number of methoxy groups -OCH3 is 2. The summed E-state index contributed by atoms with van der Waals surface area (Å²) >= 11 is 0. The molecular formula is C68H79N21O9. The van der Waals surface area contributed by atoms with Crippen LogP contribution in [-0.4, -0.2) is 148 Å². The van der Waals surface area contributed by atoms with Crippen LogP contribution in [0.1, 0.15) is 80.4 Å². The fourth-order valence-corrected chi connectivity index (χ4v) is 10.8. The zero-order valence-electron chi connectivity index (χ0n) is 56.0. The number of benzene rings is 3. The molecular weight excluding hydrogens is 1250 g/mol. The van der Waals surface area contributed by atoms with Crippen LogP contribution >= 0.6 is 0 Å². The number of aromatic nitrogens is 15. The second-order valence-corrected chi connectivity index (χ2v) is 23.1. The Kier molecular flexibility index (Phi) is 21.7. The average molecular weight is 1330 g/mol. The number of amides is 6. The predicted molar refractivity (Wildman–Crippen MR) is 376 cm³/mol. The van der Waals surface area contributed by atoms with Gasteiger partial charge in [0.2, 0.25) is 17.8 Å². The molecule has 9 heterocycles. The maximum atomic E-state index is 12.9. The van der Waals surface area contributed by atoms with Crippen LogP contribution in [0.15, 0.2) is 161 Å². The molecule has 510 valence electrons. The van der Waals surface area contributed by atoms with Crippen LogP contribution in [0.2, 0.25) is 0 Å². The molecule has 3 aromatic carbocycles. The van der Waals surface area contributed by atoms with Gasteiger partial charge >= 0.3 is 18.1 Å². The summed E-state index contributed by atoms with van der Waals surface area (Å²) in [5.41, 5.74) is 10.4. The number of aliphatic hydroxyl groups excluding tert-OH is 1. The maximum Gasteiger partial charge on any atom is 0.321 e. The number of hydrogen-bond acceptors (Lipinski definition) is 15. The zero-order chi connectivity index (χ0) is 69.9. The highest BCUT2D eigenvalue weighted by Gasteiger charge is 2.22. The smallest absolute Gasteiger partial charge is 0.321 e. The molecule has 0 aliphatic carbocycles. The van der Waals surface area contributed by atoms with Gasteiger partial charge in [0, 0.05) is 108 Å². The minimum absolute atomic E-state index is 0.0999. The van der Waals surface area contributed by atoms with E-state index in [0.29, 0.717) is 81.8 Å². The van der Waals surface area contributed by atoms with Crippen molar-refractivity contribution in [2.24, 2.45) is 0 Å². The number of nitrogens with one attached hydrogen (secondary N) is 9.